The number of aliphatic carboxylic acids is 1. The zero-order valence-electron chi connectivity index (χ0n) is 12.8. The predicted octanol–water partition coefficient (Wildman–Crippen LogP) is 0.569. The van der Waals surface area contributed by atoms with E-state index in [-0.39, 0.29) is 18.9 Å². The van der Waals surface area contributed by atoms with Crippen molar-refractivity contribution in [3.8, 4) is 0 Å². The van der Waals surface area contributed by atoms with Gasteiger partial charge >= 0.3 is 5.97 Å². The van der Waals surface area contributed by atoms with Crippen LogP contribution in [-0.4, -0.2) is 48.7 Å². The molecule has 2 amide bonds. The Hall–Kier alpha value is -2.41. The zero-order chi connectivity index (χ0) is 16.6. The number of carbonyl (C=O) groups excluding carboxylic acids is 2. The van der Waals surface area contributed by atoms with Crippen molar-refractivity contribution in [1.29, 1.82) is 0 Å². The molecule has 3 rings (SSSR count). The van der Waals surface area contributed by atoms with Crippen molar-refractivity contribution in [2.24, 2.45) is 0 Å². The number of hydrogen-bond donors (Lipinski definition) is 2. The number of nitrogens with zero attached hydrogens (tertiary/aromatic N) is 1. The van der Waals surface area contributed by atoms with Crippen molar-refractivity contribution in [3.63, 3.8) is 0 Å². The molecular formula is C16H18N2O5. The molecule has 1 fully saturated rings. The second kappa shape index (κ2) is 5.66. The summed E-state index contributed by atoms with van der Waals surface area (Å²) in [4.78, 5) is 37.2. The first-order chi connectivity index (χ1) is 10.9. The summed E-state index contributed by atoms with van der Waals surface area (Å²) < 4.78 is 5.14. The molecule has 1 atom stereocenters. The van der Waals surface area contributed by atoms with Gasteiger partial charge in [0.2, 0.25) is 5.91 Å². The van der Waals surface area contributed by atoms with Crippen LogP contribution in [0.3, 0.4) is 0 Å². The molecule has 2 aliphatic heterocycles. The largest absolute Gasteiger partial charge is 0.479 e. The Kier molecular flexibility index (Phi) is 3.81. The number of rotatable bonds is 3. The summed E-state index contributed by atoms with van der Waals surface area (Å²) in [5.74, 6) is -1.49. The molecule has 0 saturated carbocycles. The van der Waals surface area contributed by atoms with Gasteiger partial charge in [-0.25, -0.2) is 4.79 Å². The SMILES string of the molecule is CN1C(=O)CCc2cc(C(=O)NC3(C(=O)O)CCOC3)ccc21. The van der Waals surface area contributed by atoms with Crippen molar-refractivity contribution in [2.75, 3.05) is 25.2 Å². The van der Waals surface area contributed by atoms with Crippen molar-refractivity contribution < 1.29 is 24.2 Å². The van der Waals surface area contributed by atoms with E-state index in [0.717, 1.165) is 11.3 Å². The van der Waals surface area contributed by atoms with Gasteiger partial charge in [0, 0.05) is 37.7 Å². The highest BCUT2D eigenvalue weighted by Gasteiger charge is 2.44. The Morgan fingerprint density at radius 1 is 1.35 bits per heavy atom. The van der Waals surface area contributed by atoms with Crippen LogP contribution in [0.25, 0.3) is 0 Å². The molecule has 0 radical (unpaired) electrons. The second-order valence-electron chi connectivity index (χ2n) is 5.94. The lowest BCUT2D eigenvalue weighted by atomic mass is 9.96. The summed E-state index contributed by atoms with van der Waals surface area (Å²) in [6.45, 7) is 0.278. The Bertz CT molecular complexity index is 679. The van der Waals surface area contributed by atoms with Gasteiger partial charge in [0.25, 0.3) is 5.91 Å². The first kappa shape index (κ1) is 15.5. The summed E-state index contributed by atoms with van der Waals surface area (Å²) in [5.41, 5.74) is 0.723. The van der Waals surface area contributed by atoms with Gasteiger partial charge in [0.1, 0.15) is 0 Å². The molecule has 0 bridgehead atoms. The van der Waals surface area contributed by atoms with Gasteiger partial charge in [-0.3, -0.25) is 9.59 Å². The van der Waals surface area contributed by atoms with E-state index in [1.807, 2.05) is 0 Å². The van der Waals surface area contributed by atoms with E-state index < -0.39 is 17.4 Å². The zero-order valence-corrected chi connectivity index (χ0v) is 12.8. The maximum absolute atomic E-state index is 12.4. The van der Waals surface area contributed by atoms with Crippen molar-refractivity contribution in [1.82, 2.24) is 5.32 Å². The Labute approximate surface area is 133 Å². The average Bonchev–Trinajstić information content (AvgIpc) is 3.00. The van der Waals surface area contributed by atoms with E-state index in [4.69, 9.17) is 4.74 Å². The minimum Gasteiger partial charge on any atom is -0.479 e. The van der Waals surface area contributed by atoms with Gasteiger partial charge in [-0.2, -0.15) is 0 Å². The van der Waals surface area contributed by atoms with Crippen LogP contribution in [0.15, 0.2) is 18.2 Å². The first-order valence-corrected chi connectivity index (χ1v) is 7.46. The smallest absolute Gasteiger partial charge is 0.331 e. The maximum atomic E-state index is 12.4. The highest BCUT2D eigenvalue weighted by atomic mass is 16.5. The molecule has 7 nitrogen and oxygen atoms in total. The van der Waals surface area contributed by atoms with Crippen LogP contribution in [0.1, 0.15) is 28.8 Å². The number of anilines is 1. The molecule has 2 aliphatic rings. The average molecular weight is 318 g/mol. The van der Waals surface area contributed by atoms with Crippen LogP contribution in [0.2, 0.25) is 0 Å². The quantitative estimate of drug-likeness (QED) is 0.849. The van der Waals surface area contributed by atoms with Crippen LogP contribution in [-0.2, 0) is 20.7 Å². The molecule has 2 N–H and O–H groups in total. The van der Waals surface area contributed by atoms with Crippen LogP contribution < -0.4 is 10.2 Å². The van der Waals surface area contributed by atoms with Gasteiger partial charge in [-0.1, -0.05) is 0 Å². The van der Waals surface area contributed by atoms with E-state index in [2.05, 4.69) is 5.32 Å². The third-order valence-corrected chi connectivity index (χ3v) is 4.47. The molecule has 0 aromatic heterocycles. The second-order valence-corrected chi connectivity index (χ2v) is 5.94. The molecule has 23 heavy (non-hydrogen) atoms. The van der Waals surface area contributed by atoms with Gasteiger partial charge in [0.05, 0.1) is 6.61 Å². The van der Waals surface area contributed by atoms with Crippen molar-refractivity contribution in [3.05, 3.63) is 29.3 Å². The molecule has 122 valence electrons. The van der Waals surface area contributed by atoms with E-state index in [0.29, 0.717) is 25.0 Å². The molecular weight excluding hydrogens is 300 g/mol. The van der Waals surface area contributed by atoms with Gasteiger partial charge in [-0.05, 0) is 30.2 Å². The number of hydrogen-bond acceptors (Lipinski definition) is 4. The van der Waals surface area contributed by atoms with E-state index in [1.54, 1.807) is 30.1 Å². The molecule has 2 heterocycles. The van der Waals surface area contributed by atoms with E-state index in [1.165, 1.54) is 0 Å². The lowest BCUT2D eigenvalue weighted by molar-refractivity contribution is -0.144. The molecule has 1 aromatic carbocycles. The number of nitrogens with one attached hydrogen (secondary N) is 1. The fraction of sp³-hybridized carbons (Fsp3) is 0.438. The number of fused-ring (bicyclic) bond motifs is 1. The summed E-state index contributed by atoms with van der Waals surface area (Å²) in [6, 6.07) is 5.05. The van der Waals surface area contributed by atoms with Crippen LogP contribution in [0.5, 0.6) is 0 Å². The monoisotopic (exact) mass is 318 g/mol. The fourth-order valence-corrected chi connectivity index (χ4v) is 2.97. The Morgan fingerprint density at radius 2 is 2.13 bits per heavy atom. The number of carboxylic acid groups (broad SMARTS) is 1. The summed E-state index contributed by atoms with van der Waals surface area (Å²) in [6.07, 6.45) is 1.23. The van der Waals surface area contributed by atoms with Crippen LogP contribution in [0.4, 0.5) is 5.69 Å². The normalized spacial score (nSPS) is 23.5. The first-order valence-electron chi connectivity index (χ1n) is 7.46. The van der Waals surface area contributed by atoms with E-state index in [9.17, 15) is 19.5 Å². The third-order valence-electron chi connectivity index (χ3n) is 4.47. The maximum Gasteiger partial charge on any atom is 0.331 e. The Balaban J connectivity index is 1.83. The van der Waals surface area contributed by atoms with Gasteiger partial charge in [0.15, 0.2) is 5.54 Å². The summed E-state index contributed by atoms with van der Waals surface area (Å²) in [5, 5.41) is 12.0. The summed E-state index contributed by atoms with van der Waals surface area (Å²) in [7, 11) is 1.70. The molecule has 1 unspecified atom stereocenters. The molecule has 0 spiro atoms. The molecule has 7 heteroatoms. The number of carboxylic acids is 1. The number of aryl methyl sites for hydroxylation is 1. The van der Waals surface area contributed by atoms with E-state index >= 15 is 0 Å². The van der Waals surface area contributed by atoms with Crippen molar-refractivity contribution >= 4 is 23.5 Å². The van der Waals surface area contributed by atoms with Crippen LogP contribution in [0, 0.1) is 0 Å². The Morgan fingerprint density at radius 3 is 2.78 bits per heavy atom. The van der Waals surface area contributed by atoms with Crippen LogP contribution >= 0.6 is 0 Å². The minimum absolute atomic E-state index is 0.0315. The lowest BCUT2D eigenvalue weighted by Gasteiger charge is -2.27. The predicted molar refractivity (Wildman–Crippen MR) is 81.4 cm³/mol. The lowest BCUT2D eigenvalue weighted by Crippen LogP contribution is -2.55. The number of carbonyl (C=O) groups is 3. The third kappa shape index (κ3) is 2.68. The number of benzene rings is 1. The fourth-order valence-electron chi connectivity index (χ4n) is 2.97. The van der Waals surface area contributed by atoms with Crippen molar-refractivity contribution in [2.45, 2.75) is 24.8 Å². The van der Waals surface area contributed by atoms with Gasteiger partial charge in [-0.15, -0.1) is 0 Å². The standard InChI is InChI=1S/C16H18N2O5/c1-18-12-4-2-11(8-10(12)3-5-13(18)19)14(20)17-16(15(21)22)6-7-23-9-16/h2,4,8H,3,5-7,9H2,1H3,(H,17,20)(H,21,22). The van der Waals surface area contributed by atoms with Gasteiger partial charge < -0.3 is 20.1 Å². The summed E-state index contributed by atoms with van der Waals surface area (Å²) >= 11 is 0. The number of ether oxygens (including phenoxy) is 1. The topological polar surface area (TPSA) is 95.9 Å². The highest BCUT2D eigenvalue weighted by molar-refractivity contribution is 6.00. The number of amides is 2. The minimum atomic E-state index is -1.36. The molecule has 0 aliphatic carbocycles. The highest BCUT2D eigenvalue weighted by Crippen LogP contribution is 2.28. The molecule has 1 saturated heterocycles. The molecule has 1 aromatic rings.